The van der Waals surface area contributed by atoms with Gasteiger partial charge in [-0.25, -0.2) is 0 Å². The summed E-state index contributed by atoms with van der Waals surface area (Å²) >= 11 is 11.6. The fraction of sp³-hybridized carbons (Fsp3) is 0.0385. The van der Waals surface area contributed by atoms with Crippen LogP contribution in [0.25, 0.3) is 10.8 Å². The Morgan fingerprint density at radius 1 is 0.714 bits per heavy atom. The molecule has 1 heterocycles. The average Bonchev–Trinajstić information content (AvgIpc) is 2.99. The van der Waals surface area contributed by atoms with Gasteiger partial charge in [-0.05, 0) is 89.3 Å². The van der Waals surface area contributed by atoms with E-state index in [1.807, 2.05) is 0 Å². The highest BCUT2D eigenvalue weighted by Crippen LogP contribution is 2.46. The molecule has 5 rings (SSSR count). The van der Waals surface area contributed by atoms with Crippen molar-refractivity contribution < 1.29 is 48.8 Å². The predicted molar refractivity (Wildman–Crippen MR) is 175 cm³/mol. The van der Waals surface area contributed by atoms with Crippen molar-refractivity contribution in [1.29, 1.82) is 0 Å². The molecule has 0 saturated carbocycles. The lowest BCUT2D eigenvalue weighted by Crippen LogP contribution is -2.05. The summed E-state index contributed by atoms with van der Waals surface area (Å²) in [5, 5.41) is 22.7. The van der Waals surface area contributed by atoms with Crippen LogP contribution in [0.15, 0.2) is 85.6 Å². The van der Waals surface area contributed by atoms with Gasteiger partial charge in [0.25, 0.3) is 30.4 Å². The van der Waals surface area contributed by atoms with Crippen LogP contribution in [0.1, 0.15) is 0 Å². The van der Waals surface area contributed by atoms with Gasteiger partial charge in [-0.1, -0.05) is 0 Å². The number of aromatic nitrogens is 3. The third-order valence-corrected chi connectivity index (χ3v) is 9.33. The van der Waals surface area contributed by atoms with E-state index in [0.717, 1.165) is 24.3 Å². The number of azo groups is 1. The number of nitrogens with zero attached hydrogens (tertiary/aromatic N) is 5. The molecule has 49 heavy (non-hydrogen) atoms. The number of hydrogen-bond donors (Lipinski definition) is 6. The second-order valence-electron chi connectivity index (χ2n) is 9.62. The minimum Gasteiger partial charge on any atom is -0.505 e. The lowest BCUT2D eigenvalue weighted by atomic mass is 10.1. The Morgan fingerprint density at radius 3 is 1.92 bits per heavy atom. The number of fused-ring (bicyclic) bond motifs is 1. The van der Waals surface area contributed by atoms with Crippen LogP contribution in [0.2, 0.25) is 10.6 Å². The van der Waals surface area contributed by atoms with Crippen LogP contribution in [0.4, 0.5) is 34.4 Å². The molecule has 0 amide bonds. The zero-order valence-corrected chi connectivity index (χ0v) is 28.1. The van der Waals surface area contributed by atoms with E-state index in [1.165, 1.54) is 19.2 Å². The number of methoxy groups -OCH3 is 1. The number of hydrogen-bond acceptors (Lipinski definition) is 15. The van der Waals surface area contributed by atoms with Crippen molar-refractivity contribution in [2.24, 2.45) is 10.2 Å². The molecule has 0 fully saturated rings. The van der Waals surface area contributed by atoms with E-state index in [-0.39, 0.29) is 44.4 Å². The molecule has 0 bridgehead atoms. The van der Waals surface area contributed by atoms with Crippen molar-refractivity contribution in [2.45, 2.75) is 14.7 Å². The van der Waals surface area contributed by atoms with E-state index >= 15 is 0 Å². The highest BCUT2D eigenvalue weighted by Gasteiger charge is 2.26. The monoisotopic (exact) mass is 771 g/mol. The Balaban J connectivity index is 1.67. The maximum atomic E-state index is 12.4. The first-order chi connectivity index (χ1) is 22.8. The molecular weight excluding hydrogens is 753 g/mol. The van der Waals surface area contributed by atoms with Crippen molar-refractivity contribution in [1.82, 2.24) is 15.0 Å². The molecule has 0 unspecified atom stereocenters. The van der Waals surface area contributed by atoms with Gasteiger partial charge in [-0.2, -0.15) is 45.3 Å². The summed E-state index contributed by atoms with van der Waals surface area (Å²) in [4.78, 5) is 8.61. The van der Waals surface area contributed by atoms with Gasteiger partial charge in [0.1, 0.15) is 21.2 Å². The van der Waals surface area contributed by atoms with Crippen LogP contribution in [0, 0.1) is 0 Å². The quantitative estimate of drug-likeness (QED) is 0.0734. The van der Waals surface area contributed by atoms with Crippen LogP contribution >= 0.6 is 23.2 Å². The van der Waals surface area contributed by atoms with Crippen LogP contribution in [0.5, 0.6) is 11.5 Å². The highest BCUT2D eigenvalue weighted by molar-refractivity contribution is 7.86. The number of halogens is 2. The van der Waals surface area contributed by atoms with Crippen LogP contribution in [-0.4, -0.2) is 66.1 Å². The molecular formula is C26H19Cl2N7O11S3. The minimum atomic E-state index is -5.23. The van der Waals surface area contributed by atoms with Crippen LogP contribution in [-0.2, 0) is 30.4 Å². The van der Waals surface area contributed by atoms with Gasteiger partial charge < -0.3 is 20.5 Å². The second kappa shape index (κ2) is 13.3. The van der Waals surface area contributed by atoms with E-state index < -0.39 is 56.5 Å². The van der Waals surface area contributed by atoms with Crippen molar-refractivity contribution >= 4 is 98.7 Å². The zero-order valence-electron chi connectivity index (χ0n) is 24.1. The normalized spacial score (nSPS) is 12.4. The number of rotatable bonds is 10. The number of benzene rings is 4. The van der Waals surface area contributed by atoms with Crippen molar-refractivity contribution in [2.75, 3.05) is 17.7 Å². The van der Waals surface area contributed by atoms with Gasteiger partial charge in [-0.3, -0.25) is 13.7 Å². The second-order valence-corrected chi connectivity index (χ2v) is 14.5. The lowest BCUT2D eigenvalue weighted by Gasteiger charge is -2.15. The third-order valence-electron chi connectivity index (χ3n) is 6.40. The molecule has 5 aromatic rings. The summed E-state index contributed by atoms with van der Waals surface area (Å²) in [6, 6.07) is 12.0. The molecule has 0 radical (unpaired) electrons. The van der Waals surface area contributed by atoms with Crippen LogP contribution < -0.4 is 15.4 Å². The van der Waals surface area contributed by atoms with E-state index in [9.17, 15) is 44.0 Å². The third kappa shape index (κ3) is 8.12. The summed E-state index contributed by atoms with van der Waals surface area (Å²) in [5.74, 6) is -0.850. The number of nitrogens with one attached hydrogen (secondary N) is 2. The molecule has 256 valence electrons. The van der Waals surface area contributed by atoms with E-state index in [1.54, 1.807) is 24.3 Å². The standard InChI is InChI=1S/C26H19Cl2N7O11S3/c1-46-15-5-2-13(3-6-15)29-17-7-4-14(10-19(17)48(40,41)42)34-35-22-20(49(43,44)45)9-12-8-16(47(37,38)39)11-18(21(12)23(22)36)30-26-32-24(27)31-25(28)33-26/h2-11,29,36H,1H3,(H,37,38,39)(H,40,41,42)(H,43,44,45)(H,30,31,32,33). The fourth-order valence-electron chi connectivity index (χ4n) is 4.33. The molecule has 6 N–H and O–H groups in total. The molecule has 1 aromatic heterocycles. The Bertz CT molecular complexity index is 2480. The minimum absolute atomic E-state index is 0.0808. The molecule has 0 aliphatic carbocycles. The number of phenols is 1. The molecule has 0 spiro atoms. The molecule has 0 atom stereocenters. The fourth-order valence-corrected chi connectivity index (χ4v) is 6.56. The first-order valence-corrected chi connectivity index (χ1v) is 18.0. The molecule has 0 aliphatic rings. The first-order valence-electron chi connectivity index (χ1n) is 12.9. The summed E-state index contributed by atoms with van der Waals surface area (Å²) in [6.07, 6.45) is 0. The summed E-state index contributed by atoms with van der Waals surface area (Å²) < 4.78 is 108. The van der Waals surface area contributed by atoms with Gasteiger partial charge >= 0.3 is 0 Å². The largest absolute Gasteiger partial charge is 0.505 e. The Labute approximate surface area is 286 Å². The SMILES string of the molecule is COc1ccc(Nc2ccc(N=Nc3c(S(=O)(=O)O)cc4cc(S(=O)(=O)O)cc(Nc5nc(Cl)nc(Cl)n5)c4c3O)cc2S(=O)(=O)O)cc1. The maximum absolute atomic E-state index is 12.4. The van der Waals surface area contributed by atoms with Gasteiger partial charge in [0.15, 0.2) is 5.75 Å². The average molecular weight is 773 g/mol. The molecule has 0 aliphatic heterocycles. The maximum Gasteiger partial charge on any atom is 0.296 e. The lowest BCUT2D eigenvalue weighted by molar-refractivity contribution is 0.415. The van der Waals surface area contributed by atoms with E-state index in [0.29, 0.717) is 11.4 Å². The van der Waals surface area contributed by atoms with Crippen LogP contribution in [0.3, 0.4) is 0 Å². The molecule has 4 aromatic carbocycles. The van der Waals surface area contributed by atoms with E-state index in [2.05, 4.69) is 35.8 Å². The highest BCUT2D eigenvalue weighted by atomic mass is 35.5. The number of aromatic hydroxyl groups is 1. The van der Waals surface area contributed by atoms with Crippen molar-refractivity contribution in [3.05, 3.63) is 71.2 Å². The Kier molecular flexibility index (Phi) is 9.64. The van der Waals surface area contributed by atoms with Crippen molar-refractivity contribution in [3.8, 4) is 11.5 Å². The van der Waals surface area contributed by atoms with Gasteiger partial charge in [0.05, 0.1) is 29.1 Å². The zero-order chi connectivity index (χ0) is 35.9. The Hall–Kier alpha value is -4.74. The topological polar surface area (TPSA) is 280 Å². The van der Waals surface area contributed by atoms with Crippen molar-refractivity contribution in [3.63, 3.8) is 0 Å². The molecule has 18 nitrogen and oxygen atoms in total. The number of anilines is 4. The van der Waals surface area contributed by atoms with E-state index in [4.69, 9.17) is 27.9 Å². The first kappa shape index (κ1) is 35.6. The number of ether oxygens (including phenoxy) is 1. The summed E-state index contributed by atoms with van der Waals surface area (Å²) in [7, 11) is -13.6. The summed E-state index contributed by atoms with van der Waals surface area (Å²) in [6.45, 7) is 0. The predicted octanol–water partition coefficient (Wildman–Crippen LogP) is 5.69. The van der Waals surface area contributed by atoms with Gasteiger partial charge in [-0.15, -0.1) is 5.11 Å². The summed E-state index contributed by atoms with van der Waals surface area (Å²) in [5.41, 5.74) is -1.19. The molecule has 23 heteroatoms. The van der Waals surface area contributed by atoms with Gasteiger partial charge in [0.2, 0.25) is 16.5 Å². The number of phenolic OH excluding ortho intramolecular Hbond substituents is 1. The Morgan fingerprint density at radius 2 is 1.35 bits per heavy atom. The van der Waals surface area contributed by atoms with Gasteiger partial charge in [0, 0.05) is 11.1 Å². The smallest absolute Gasteiger partial charge is 0.296 e. The molecule has 0 saturated heterocycles.